The number of hydrogen-bond acceptors (Lipinski definition) is 4. The van der Waals surface area contributed by atoms with Crippen LogP contribution in [0, 0.1) is 0 Å². The van der Waals surface area contributed by atoms with E-state index in [1.807, 2.05) is 12.3 Å². The van der Waals surface area contributed by atoms with Crippen LogP contribution in [0.3, 0.4) is 0 Å². The fourth-order valence-corrected chi connectivity index (χ4v) is 8.94. The maximum atomic E-state index is 6.73. The summed E-state index contributed by atoms with van der Waals surface area (Å²) in [5.74, 6) is 2.46. The molecule has 5 heteroatoms. The molecule has 0 radical (unpaired) electrons. The molecule has 0 aliphatic carbocycles. The van der Waals surface area contributed by atoms with Gasteiger partial charge < -0.3 is 14.5 Å². The predicted molar refractivity (Wildman–Crippen MR) is 265 cm³/mol. The second kappa shape index (κ2) is 15.6. The van der Waals surface area contributed by atoms with Gasteiger partial charge in [0.2, 0.25) is 0 Å². The molecule has 0 bridgehead atoms. The van der Waals surface area contributed by atoms with Gasteiger partial charge in [-0.3, -0.25) is 4.57 Å². The molecule has 0 amide bonds. The molecular weight excluding hydrogens is 769 g/mol. The Labute approximate surface area is 374 Å². The van der Waals surface area contributed by atoms with Crippen LogP contribution in [0.5, 0.6) is 11.5 Å². The average Bonchev–Trinajstić information content (AvgIpc) is 3.90. The Morgan fingerprint density at radius 2 is 1.02 bits per heavy atom. The second-order valence-electron chi connectivity index (χ2n) is 20.4. The number of benzene rings is 6. The molecule has 0 unspecified atom stereocenters. The zero-order valence-electron chi connectivity index (χ0n) is 38.6. The third-order valence-corrected chi connectivity index (χ3v) is 13.2. The van der Waals surface area contributed by atoms with Crippen molar-refractivity contribution in [3.63, 3.8) is 0 Å². The maximum Gasteiger partial charge on any atom is 0.137 e. The van der Waals surface area contributed by atoms with Gasteiger partial charge in [0.15, 0.2) is 0 Å². The van der Waals surface area contributed by atoms with Gasteiger partial charge in [0.05, 0.1) is 17.7 Å². The first-order chi connectivity index (χ1) is 30.0. The molecule has 8 aromatic rings. The van der Waals surface area contributed by atoms with Crippen molar-refractivity contribution in [2.45, 2.75) is 90.9 Å². The second-order valence-corrected chi connectivity index (χ2v) is 20.4. The van der Waals surface area contributed by atoms with Crippen LogP contribution in [0.2, 0.25) is 0 Å². The Kier molecular flexibility index (Phi) is 10.4. The first kappa shape index (κ1) is 41.7. The quantitative estimate of drug-likeness (QED) is 0.145. The summed E-state index contributed by atoms with van der Waals surface area (Å²) in [7, 11) is 0. The summed E-state index contributed by atoms with van der Waals surface area (Å²) < 4.78 is 9.03. The molecule has 0 atom stereocenters. The molecule has 9 rings (SSSR count). The normalized spacial score (nSPS) is 13.7. The van der Waals surface area contributed by atoms with Crippen LogP contribution in [-0.4, -0.2) is 16.2 Å². The molecule has 5 nitrogen and oxygen atoms in total. The minimum atomic E-state index is -0.201. The third kappa shape index (κ3) is 8.02. The molecule has 6 aromatic carbocycles. The van der Waals surface area contributed by atoms with Crippen molar-refractivity contribution in [1.29, 1.82) is 0 Å². The van der Waals surface area contributed by atoms with Crippen LogP contribution < -0.4 is 14.5 Å². The van der Waals surface area contributed by atoms with E-state index in [4.69, 9.17) is 9.72 Å². The lowest BCUT2D eigenvalue weighted by atomic mass is 9.73. The van der Waals surface area contributed by atoms with Crippen molar-refractivity contribution in [3.8, 4) is 17.3 Å². The average molecular weight is 829 g/mol. The van der Waals surface area contributed by atoms with Crippen LogP contribution in [0.1, 0.15) is 103 Å². The van der Waals surface area contributed by atoms with Crippen molar-refractivity contribution in [2.75, 3.05) is 16.5 Å². The van der Waals surface area contributed by atoms with E-state index < -0.39 is 0 Å². The lowest BCUT2D eigenvalue weighted by Crippen LogP contribution is -2.27. The molecule has 0 N–H and O–H groups in total. The minimum Gasteiger partial charge on any atom is -0.457 e. The molecule has 1 aliphatic rings. The summed E-state index contributed by atoms with van der Waals surface area (Å²) in [5, 5.41) is 2.39. The number of anilines is 2. The van der Waals surface area contributed by atoms with Gasteiger partial charge >= 0.3 is 0 Å². The fraction of sp³-hybridized carbons (Fsp3) is 0.259. The van der Waals surface area contributed by atoms with Gasteiger partial charge in [0.1, 0.15) is 17.3 Å². The van der Waals surface area contributed by atoms with Crippen LogP contribution in [0.4, 0.5) is 11.4 Å². The summed E-state index contributed by atoms with van der Waals surface area (Å²) in [6.07, 6.45) is 6.30. The van der Waals surface area contributed by atoms with Crippen molar-refractivity contribution in [2.24, 2.45) is 0 Å². The SMILES string of the molecule is CC(C)(C)c1ccnc(-n2c3ccc(C(C)(C)C)cc3c3ccc(Oc4cccc(N5C=CN(c6cc(C(C)(C)c7ccccc7)cc(C(C)(C)c7ccccc7)c6)C5)c4)cc32)c1. The highest BCUT2D eigenvalue weighted by Crippen LogP contribution is 2.42. The van der Waals surface area contributed by atoms with E-state index in [2.05, 4.69) is 242 Å². The smallest absolute Gasteiger partial charge is 0.137 e. The first-order valence-electron chi connectivity index (χ1n) is 22.3. The maximum absolute atomic E-state index is 6.73. The fourth-order valence-electron chi connectivity index (χ4n) is 8.94. The van der Waals surface area contributed by atoms with E-state index >= 15 is 0 Å². The third-order valence-electron chi connectivity index (χ3n) is 13.2. The molecule has 63 heavy (non-hydrogen) atoms. The van der Waals surface area contributed by atoms with E-state index in [0.717, 1.165) is 34.0 Å². The zero-order chi connectivity index (χ0) is 44.3. The van der Waals surface area contributed by atoms with Crippen LogP contribution in [0.25, 0.3) is 27.6 Å². The topological polar surface area (TPSA) is 33.5 Å². The standard InChI is InChI=1S/C58H60N4O/c1-55(2,3)42-24-27-52-51(35-42)50-26-25-49(38-53(50)62(52)54-36-43(28-29-59-54)56(4,5)6)63-48-23-17-22-46(37-48)60-30-31-61(39-60)47-33-44(57(7,8)40-18-13-11-14-19-40)32-45(34-47)58(9,10)41-20-15-12-16-21-41/h11-38H,39H2,1-10H3. The number of fused-ring (bicyclic) bond motifs is 3. The van der Waals surface area contributed by atoms with Gasteiger partial charge in [0.25, 0.3) is 0 Å². The zero-order valence-corrected chi connectivity index (χ0v) is 38.6. The lowest BCUT2D eigenvalue weighted by Gasteiger charge is -2.33. The molecule has 0 saturated heterocycles. The largest absolute Gasteiger partial charge is 0.457 e. The highest BCUT2D eigenvalue weighted by Gasteiger charge is 2.30. The molecule has 318 valence electrons. The number of pyridine rings is 1. The van der Waals surface area contributed by atoms with Gasteiger partial charge in [-0.2, -0.15) is 0 Å². The molecule has 1 aliphatic heterocycles. The van der Waals surface area contributed by atoms with E-state index in [0.29, 0.717) is 6.67 Å². The summed E-state index contributed by atoms with van der Waals surface area (Å²) in [4.78, 5) is 9.57. The first-order valence-corrected chi connectivity index (χ1v) is 22.3. The molecule has 0 spiro atoms. The Morgan fingerprint density at radius 3 is 1.63 bits per heavy atom. The van der Waals surface area contributed by atoms with Crippen molar-refractivity contribution >= 4 is 33.2 Å². The Morgan fingerprint density at radius 1 is 0.429 bits per heavy atom. The minimum absolute atomic E-state index is 0.0117. The monoisotopic (exact) mass is 828 g/mol. The predicted octanol–water partition coefficient (Wildman–Crippen LogP) is 15.0. The summed E-state index contributed by atoms with van der Waals surface area (Å²) in [6, 6.07) is 55.0. The van der Waals surface area contributed by atoms with E-state index in [1.54, 1.807) is 0 Å². The Hall–Kier alpha value is -6.59. The summed E-state index contributed by atoms with van der Waals surface area (Å²) >= 11 is 0. The van der Waals surface area contributed by atoms with Crippen molar-refractivity contribution in [1.82, 2.24) is 9.55 Å². The van der Waals surface area contributed by atoms with Gasteiger partial charge in [0, 0.05) is 63.7 Å². The highest BCUT2D eigenvalue weighted by molar-refractivity contribution is 6.09. The molecular formula is C58H60N4O. The van der Waals surface area contributed by atoms with E-state index in [-0.39, 0.29) is 21.7 Å². The van der Waals surface area contributed by atoms with E-state index in [1.165, 1.54) is 49.8 Å². The number of hydrogen-bond donors (Lipinski definition) is 0. The van der Waals surface area contributed by atoms with Crippen LogP contribution >= 0.6 is 0 Å². The van der Waals surface area contributed by atoms with Gasteiger partial charge in [-0.15, -0.1) is 0 Å². The van der Waals surface area contributed by atoms with Crippen LogP contribution in [0.15, 0.2) is 170 Å². The lowest BCUT2D eigenvalue weighted by molar-refractivity contribution is 0.483. The molecule has 0 saturated carbocycles. The van der Waals surface area contributed by atoms with Crippen molar-refractivity contribution in [3.05, 3.63) is 204 Å². The molecule has 2 aromatic heterocycles. The van der Waals surface area contributed by atoms with E-state index in [9.17, 15) is 0 Å². The van der Waals surface area contributed by atoms with Gasteiger partial charge in [-0.25, -0.2) is 4.98 Å². The van der Waals surface area contributed by atoms with Gasteiger partial charge in [-0.05, 0) is 105 Å². The molecule has 3 heterocycles. The Balaban J connectivity index is 1.04. The van der Waals surface area contributed by atoms with Crippen LogP contribution in [-0.2, 0) is 21.7 Å². The number of aromatic nitrogens is 2. The summed E-state index contributed by atoms with van der Waals surface area (Å²) in [5.41, 5.74) is 11.7. The van der Waals surface area contributed by atoms with Crippen molar-refractivity contribution < 1.29 is 4.74 Å². The van der Waals surface area contributed by atoms with Gasteiger partial charge in [-0.1, -0.05) is 148 Å². The number of rotatable bonds is 9. The number of ether oxygens (including phenoxy) is 1. The highest BCUT2D eigenvalue weighted by atomic mass is 16.5. The number of nitrogens with zero attached hydrogens (tertiary/aromatic N) is 4. The molecule has 0 fully saturated rings. The Bertz CT molecular complexity index is 2910. The summed E-state index contributed by atoms with van der Waals surface area (Å²) in [6.45, 7) is 23.6.